The molecule has 0 saturated carbocycles. The summed E-state index contributed by atoms with van der Waals surface area (Å²) in [7, 11) is -4.16. The van der Waals surface area contributed by atoms with Crippen LogP contribution in [0.15, 0.2) is 23.1 Å². The lowest BCUT2D eigenvalue weighted by Crippen LogP contribution is -2.35. The van der Waals surface area contributed by atoms with E-state index in [1.807, 2.05) is 0 Å². The van der Waals surface area contributed by atoms with Crippen LogP contribution >= 0.6 is 0 Å². The van der Waals surface area contributed by atoms with Gasteiger partial charge in [-0.15, -0.1) is 0 Å². The third-order valence-corrected chi connectivity index (χ3v) is 4.57. The molecule has 0 unspecified atom stereocenters. The van der Waals surface area contributed by atoms with Crippen LogP contribution in [-0.2, 0) is 14.6 Å². The highest BCUT2D eigenvalue weighted by molar-refractivity contribution is 7.92. The van der Waals surface area contributed by atoms with Crippen molar-refractivity contribution in [2.24, 2.45) is 0 Å². The minimum atomic E-state index is -4.16. The molecule has 6 nitrogen and oxygen atoms in total. The van der Waals surface area contributed by atoms with Crippen LogP contribution in [-0.4, -0.2) is 49.1 Å². The largest absolute Gasteiger partial charge is 0.478 e. The van der Waals surface area contributed by atoms with E-state index in [1.54, 1.807) is 13.8 Å². The van der Waals surface area contributed by atoms with Crippen LogP contribution in [0.5, 0.6) is 0 Å². The Labute approximate surface area is 122 Å². The molecule has 0 fully saturated rings. The fraction of sp³-hybridized carbons (Fsp3) is 0.385. The van der Waals surface area contributed by atoms with Gasteiger partial charge in [0.25, 0.3) is 0 Å². The Bertz CT molecular complexity index is 653. The van der Waals surface area contributed by atoms with Gasteiger partial charge in [0, 0.05) is 13.1 Å². The molecule has 0 saturated heterocycles. The van der Waals surface area contributed by atoms with E-state index in [2.05, 4.69) is 0 Å². The molecule has 0 radical (unpaired) electrons. The van der Waals surface area contributed by atoms with Crippen LogP contribution in [0.2, 0.25) is 0 Å². The van der Waals surface area contributed by atoms with Crippen molar-refractivity contribution in [3.63, 3.8) is 0 Å². The first-order chi connectivity index (χ1) is 9.72. The van der Waals surface area contributed by atoms with Crippen molar-refractivity contribution in [3.05, 3.63) is 29.6 Å². The standard InChI is InChI=1S/C13H16FNO5S/c1-3-15(4-2)12(16)8-21(19,20)11-6-5-9(13(17)18)7-10(11)14/h5-7H,3-4,8H2,1-2H3,(H,17,18). The number of nitrogens with zero attached hydrogens (tertiary/aromatic N) is 1. The van der Waals surface area contributed by atoms with E-state index in [0.29, 0.717) is 19.2 Å². The molecule has 1 rings (SSSR count). The van der Waals surface area contributed by atoms with Crippen LogP contribution in [0.4, 0.5) is 4.39 Å². The van der Waals surface area contributed by atoms with Crippen LogP contribution in [0.1, 0.15) is 24.2 Å². The lowest BCUT2D eigenvalue weighted by molar-refractivity contribution is -0.128. The average Bonchev–Trinajstić information content (AvgIpc) is 2.38. The predicted molar refractivity (Wildman–Crippen MR) is 73.3 cm³/mol. The fourth-order valence-corrected chi connectivity index (χ4v) is 3.09. The number of carbonyl (C=O) groups is 2. The topological polar surface area (TPSA) is 91.8 Å². The number of hydrogen-bond donors (Lipinski definition) is 1. The third kappa shape index (κ3) is 4.01. The van der Waals surface area contributed by atoms with E-state index in [1.165, 1.54) is 4.90 Å². The Morgan fingerprint density at radius 1 is 1.24 bits per heavy atom. The first kappa shape index (κ1) is 17.1. The van der Waals surface area contributed by atoms with Gasteiger partial charge in [0.05, 0.1) is 5.56 Å². The average molecular weight is 317 g/mol. The quantitative estimate of drug-likeness (QED) is 0.850. The van der Waals surface area contributed by atoms with Gasteiger partial charge in [-0.05, 0) is 32.0 Å². The normalized spacial score (nSPS) is 11.2. The zero-order valence-corrected chi connectivity index (χ0v) is 12.5. The summed E-state index contributed by atoms with van der Waals surface area (Å²) in [6, 6.07) is 2.47. The van der Waals surface area contributed by atoms with Crippen molar-refractivity contribution >= 4 is 21.7 Å². The second-order valence-electron chi connectivity index (χ2n) is 4.28. The van der Waals surface area contributed by atoms with Gasteiger partial charge in [0.1, 0.15) is 16.5 Å². The van der Waals surface area contributed by atoms with Crippen molar-refractivity contribution in [2.75, 3.05) is 18.8 Å². The van der Waals surface area contributed by atoms with Gasteiger partial charge >= 0.3 is 5.97 Å². The van der Waals surface area contributed by atoms with E-state index >= 15 is 0 Å². The molecule has 21 heavy (non-hydrogen) atoms. The molecule has 0 aliphatic heterocycles. The van der Waals surface area contributed by atoms with Gasteiger partial charge in [-0.1, -0.05) is 0 Å². The molecule has 116 valence electrons. The molecule has 0 aliphatic carbocycles. The molecule has 8 heteroatoms. The van der Waals surface area contributed by atoms with Crippen molar-refractivity contribution < 1.29 is 27.5 Å². The van der Waals surface area contributed by atoms with E-state index in [-0.39, 0.29) is 5.56 Å². The number of halogens is 1. The van der Waals surface area contributed by atoms with Gasteiger partial charge < -0.3 is 10.0 Å². The van der Waals surface area contributed by atoms with Gasteiger partial charge in [-0.2, -0.15) is 0 Å². The van der Waals surface area contributed by atoms with Crippen molar-refractivity contribution in [3.8, 4) is 0 Å². The summed E-state index contributed by atoms with van der Waals surface area (Å²) in [5.41, 5.74) is -0.360. The maximum absolute atomic E-state index is 13.8. The number of sulfone groups is 1. The van der Waals surface area contributed by atoms with E-state index in [9.17, 15) is 22.4 Å². The summed E-state index contributed by atoms with van der Waals surface area (Å²) in [5, 5.41) is 8.71. The summed E-state index contributed by atoms with van der Waals surface area (Å²) in [6.07, 6.45) is 0. The molecule has 1 aromatic carbocycles. The van der Waals surface area contributed by atoms with Gasteiger partial charge in [-0.25, -0.2) is 17.6 Å². The molecule has 0 spiro atoms. The maximum Gasteiger partial charge on any atom is 0.335 e. The molecule has 1 aromatic rings. The fourth-order valence-electron chi connectivity index (χ4n) is 1.79. The van der Waals surface area contributed by atoms with Crippen molar-refractivity contribution in [2.45, 2.75) is 18.7 Å². The zero-order chi connectivity index (χ0) is 16.2. The smallest absolute Gasteiger partial charge is 0.335 e. The zero-order valence-electron chi connectivity index (χ0n) is 11.7. The molecule has 0 heterocycles. The third-order valence-electron chi connectivity index (χ3n) is 2.94. The van der Waals surface area contributed by atoms with Gasteiger partial charge in [0.15, 0.2) is 9.84 Å². The molecule has 0 atom stereocenters. The monoisotopic (exact) mass is 317 g/mol. The molecule has 1 amide bonds. The first-order valence-electron chi connectivity index (χ1n) is 6.26. The number of amides is 1. The number of carbonyl (C=O) groups excluding carboxylic acids is 1. The Kier molecular flexibility index (Phi) is 5.42. The molecular weight excluding hydrogens is 301 g/mol. The molecule has 0 bridgehead atoms. The lowest BCUT2D eigenvalue weighted by Gasteiger charge is -2.18. The van der Waals surface area contributed by atoms with E-state index in [0.717, 1.165) is 12.1 Å². The van der Waals surface area contributed by atoms with Crippen LogP contribution in [0, 0.1) is 5.82 Å². The number of carboxylic acids is 1. The van der Waals surface area contributed by atoms with Gasteiger partial charge in [0.2, 0.25) is 5.91 Å². The number of carboxylic acid groups (broad SMARTS) is 1. The highest BCUT2D eigenvalue weighted by atomic mass is 32.2. The highest BCUT2D eigenvalue weighted by Crippen LogP contribution is 2.18. The Hall–Kier alpha value is -1.96. The Morgan fingerprint density at radius 2 is 1.81 bits per heavy atom. The summed E-state index contributed by atoms with van der Waals surface area (Å²) in [5.74, 6) is -4.01. The second kappa shape index (κ2) is 6.66. The van der Waals surface area contributed by atoms with E-state index < -0.39 is 38.2 Å². The van der Waals surface area contributed by atoms with E-state index in [4.69, 9.17) is 5.11 Å². The number of benzene rings is 1. The SMILES string of the molecule is CCN(CC)C(=O)CS(=O)(=O)c1ccc(C(=O)O)cc1F. The summed E-state index contributed by atoms with van der Waals surface area (Å²) in [4.78, 5) is 23.1. The molecule has 1 N–H and O–H groups in total. The minimum absolute atomic E-state index is 0.352. The number of rotatable bonds is 6. The first-order valence-corrected chi connectivity index (χ1v) is 7.91. The highest BCUT2D eigenvalue weighted by Gasteiger charge is 2.25. The molecule has 0 aromatic heterocycles. The Balaban J connectivity index is 3.09. The number of aromatic carboxylic acids is 1. The summed E-state index contributed by atoms with van der Waals surface area (Å²) < 4.78 is 37.8. The maximum atomic E-state index is 13.8. The van der Waals surface area contributed by atoms with Crippen molar-refractivity contribution in [1.82, 2.24) is 4.90 Å². The van der Waals surface area contributed by atoms with Crippen LogP contribution in [0.3, 0.4) is 0 Å². The van der Waals surface area contributed by atoms with Crippen molar-refractivity contribution in [1.29, 1.82) is 0 Å². The van der Waals surface area contributed by atoms with Crippen LogP contribution in [0.25, 0.3) is 0 Å². The lowest BCUT2D eigenvalue weighted by atomic mass is 10.2. The molecule has 0 aliphatic rings. The minimum Gasteiger partial charge on any atom is -0.478 e. The summed E-state index contributed by atoms with van der Waals surface area (Å²) in [6.45, 7) is 4.11. The van der Waals surface area contributed by atoms with Crippen LogP contribution < -0.4 is 0 Å². The predicted octanol–water partition coefficient (Wildman–Crippen LogP) is 1.17. The number of hydrogen-bond acceptors (Lipinski definition) is 4. The molecular formula is C13H16FNO5S. The van der Waals surface area contributed by atoms with Gasteiger partial charge in [-0.3, -0.25) is 4.79 Å². The second-order valence-corrected chi connectivity index (χ2v) is 6.23. The Morgan fingerprint density at radius 3 is 2.24 bits per heavy atom. The summed E-state index contributed by atoms with van der Waals surface area (Å²) >= 11 is 0.